The molecule has 0 saturated heterocycles. The van der Waals surface area contributed by atoms with Gasteiger partial charge in [-0.1, -0.05) is 0 Å². The first-order valence-electron chi connectivity index (χ1n) is 9.69. The third kappa shape index (κ3) is 4.42. The summed E-state index contributed by atoms with van der Waals surface area (Å²) >= 11 is 0. The number of rotatable bonds is 7. The van der Waals surface area contributed by atoms with Crippen molar-refractivity contribution in [2.45, 2.75) is 20.8 Å². The summed E-state index contributed by atoms with van der Waals surface area (Å²) in [5.41, 5.74) is 3.21. The molecule has 6 nitrogen and oxygen atoms in total. The van der Waals surface area contributed by atoms with Gasteiger partial charge in [0.25, 0.3) is 5.91 Å². The molecule has 152 valence electrons. The summed E-state index contributed by atoms with van der Waals surface area (Å²) in [4.78, 5) is 19.8. The highest BCUT2D eigenvalue weighted by atomic mass is 16.5. The predicted molar refractivity (Wildman–Crippen MR) is 118 cm³/mol. The van der Waals surface area contributed by atoms with Crippen molar-refractivity contribution in [2.24, 2.45) is 0 Å². The fourth-order valence-corrected chi connectivity index (χ4v) is 3.31. The zero-order valence-electron chi connectivity index (χ0n) is 17.6. The van der Waals surface area contributed by atoms with Gasteiger partial charge < -0.3 is 19.7 Å². The van der Waals surface area contributed by atoms with Crippen molar-refractivity contribution < 1.29 is 14.3 Å². The molecule has 3 rings (SSSR count). The maximum absolute atomic E-state index is 12.7. The van der Waals surface area contributed by atoms with Gasteiger partial charge in [-0.15, -0.1) is 0 Å². The molecule has 0 saturated carbocycles. The molecule has 0 aliphatic carbocycles. The largest absolute Gasteiger partial charge is 0.497 e. The van der Waals surface area contributed by atoms with Crippen LogP contribution in [0, 0.1) is 6.92 Å². The van der Waals surface area contributed by atoms with E-state index < -0.39 is 0 Å². The average molecular weight is 393 g/mol. The Labute approximate surface area is 171 Å². The first kappa shape index (κ1) is 20.5. The standard InChI is InChI=1S/C23H27N3O3/c1-6-26(7-2)22-10-15(3)20-13-17(8-9-21(20)25-22)24-23(27)16-11-18(28-4)14-19(12-16)29-5/h8-14H,6-7H2,1-5H3,(H,24,27). The van der Waals surface area contributed by atoms with Crippen LogP contribution in [0.25, 0.3) is 10.9 Å². The van der Waals surface area contributed by atoms with Crippen molar-refractivity contribution >= 4 is 28.3 Å². The number of benzene rings is 2. The Balaban J connectivity index is 1.90. The van der Waals surface area contributed by atoms with Crippen molar-refractivity contribution in [3.63, 3.8) is 0 Å². The first-order valence-corrected chi connectivity index (χ1v) is 9.69. The Morgan fingerprint density at radius 3 is 2.24 bits per heavy atom. The second kappa shape index (κ2) is 8.82. The van der Waals surface area contributed by atoms with E-state index in [2.05, 4.69) is 37.1 Å². The summed E-state index contributed by atoms with van der Waals surface area (Å²) in [6, 6.07) is 13.0. The Morgan fingerprint density at radius 1 is 1.00 bits per heavy atom. The number of pyridine rings is 1. The van der Waals surface area contributed by atoms with Gasteiger partial charge >= 0.3 is 0 Å². The fraction of sp³-hybridized carbons (Fsp3) is 0.304. The van der Waals surface area contributed by atoms with E-state index in [1.807, 2.05) is 18.2 Å². The smallest absolute Gasteiger partial charge is 0.255 e. The maximum Gasteiger partial charge on any atom is 0.255 e. The third-order valence-electron chi connectivity index (χ3n) is 4.96. The molecular formula is C23H27N3O3. The van der Waals surface area contributed by atoms with Gasteiger partial charge in [0.1, 0.15) is 17.3 Å². The number of aromatic nitrogens is 1. The predicted octanol–water partition coefficient (Wildman–Crippen LogP) is 4.66. The van der Waals surface area contributed by atoms with Crippen LogP contribution in [-0.4, -0.2) is 38.2 Å². The number of hydrogen-bond donors (Lipinski definition) is 1. The molecule has 6 heteroatoms. The second-order valence-corrected chi connectivity index (χ2v) is 6.76. The zero-order chi connectivity index (χ0) is 21.0. The van der Waals surface area contributed by atoms with Crippen LogP contribution in [0.1, 0.15) is 29.8 Å². The highest BCUT2D eigenvalue weighted by Crippen LogP contribution is 2.27. The van der Waals surface area contributed by atoms with Gasteiger partial charge in [-0.05, 0) is 62.7 Å². The minimum atomic E-state index is -0.230. The molecule has 0 unspecified atom stereocenters. The maximum atomic E-state index is 12.7. The van der Waals surface area contributed by atoms with Crippen LogP contribution in [0.4, 0.5) is 11.5 Å². The van der Waals surface area contributed by atoms with Crippen molar-refractivity contribution in [3.05, 3.63) is 53.6 Å². The highest BCUT2D eigenvalue weighted by molar-refractivity contribution is 6.05. The Morgan fingerprint density at radius 2 is 1.66 bits per heavy atom. The van der Waals surface area contributed by atoms with Gasteiger partial charge in [-0.3, -0.25) is 4.79 Å². The number of ether oxygens (including phenoxy) is 2. The monoisotopic (exact) mass is 393 g/mol. The van der Waals surface area contributed by atoms with E-state index in [9.17, 15) is 4.79 Å². The van der Waals surface area contributed by atoms with Gasteiger partial charge in [-0.25, -0.2) is 4.98 Å². The van der Waals surface area contributed by atoms with E-state index in [0.29, 0.717) is 22.7 Å². The van der Waals surface area contributed by atoms with Crippen LogP contribution in [0.5, 0.6) is 11.5 Å². The van der Waals surface area contributed by atoms with Crippen LogP contribution in [0.15, 0.2) is 42.5 Å². The average Bonchev–Trinajstić information content (AvgIpc) is 2.74. The minimum Gasteiger partial charge on any atom is -0.497 e. The quantitative estimate of drug-likeness (QED) is 0.633. The molecule has 1 aromatic heterocycles. The number of carbonyl (C=O) groups is 1. The molecule has 0 fully saturated rings. The molecule has 0 aliphatic rings. The minimum absolute atomic E-state index is 0.230. The van der Waals surface area contributed by atoms with Gasteiger partial charge in [0.05, 0.1) is 19.7 Å². The van der Waals surface area contributed by atoms with Gasteiger partial charge in [0, 0.05) is 35.8 Å². The number of hydrogen-bond acceptors (Lipinski definition) is 5. The number of carbonyl (C=O) groups excluding carboxylic acids is 1. The molecule has 2 aromatic carbocycles. The van der Waals surface area contributed by atoms with E-state index in [4.69, 9.17) is 14.5 Å². The molecule has 0 bridgehead atoms. The number of aryl methyl sites for hydroxylation is 1. The molecule has 0 spiro atoms. The first-order chi connectivity index (χ1) is 14.0. The van der Waals surface area contributed by atoms with E-state index in [0.717, 1.165) is 35.4 Å². The summed E-state index contributed by atoms with van der Waals surface area (Å²) in [5.74, 6) is 1.88. The van der Waals surface area contributed by atoms with Gasteiger partial charge in [-0.2, -0.15) is 0 Å². The van der Waals surface area contributed by atoms with Crippen LogP contribution >= 0.6 is 0 Å². The lowest BCUT2D eigenvalue weighted by atomic mass is 10.1. The van der Waals surface area contributed by atoms with Gasteiger partial charge in [0.15, 0.2) is 0 Å². The molecular weight excluding hydrogens is 366 g/mol. The Kier molecular flexibility index (Phi) is 6.22. The van der Waals surface area contributed by atoms with Crippen LogP contribution in [-0.2, 0) is 0 Å². The number of fused-ring (bicyclic) bond motifs is 1. The molecule has 3 aromatic rings. The summed E-state index contributed by atoms with van der Waals surface area (Å²) in [7, 11) is 3.12. The molecule has 0 atom stereocenters. The number of nitrogens with zero attached hydrogens (tertiary/aromatic N) is 2. The van der Waals surface area contributed by atoms with Crippen molar-refractivity contribution in [1.82, 2.24) is 4.98 Å². The zero-order valence-corrected chi connectivity index (χ0v) is 17.6. The lowest BCUT2D eigenvalue weighted by Gasteiger charge is -2.21. The summed E-state index contributed by atoms with van der Waals surface area (Å²) in [5, 5.41) is 3.97. The fourth-order valence-electron chi connectivity index (χ4n) is 3.31. The summed E-state index contributed by atoms with van der Waals surface area (Å²) < 4.78 is 10.5. The molecule has 1 N–H and O–H groups in total. The number of amides is 1. The molecule has 1 heterocycles. The Hall–Kier alpha value is -3.28. The summed E-state index contributed by atoms with van der Waals surface area (Å²) in [6.45, 7) is 8.13. The number of nitrogens with one attached hydrogen (secondary N) is 1. The lowest BCUT2D eigenvalue weighted by molar-refractivity contribution is 0.102. The highest BCUT2D eigenvalue weighted by Gasteiger charge is 2.12. The SMILES string of the molecule is CCN(CC)c1cc(C)c2cc(NC(=O)c3cc(OC)cc(OC)c3)ccc2n1. The molecule has 0 aliphatic heterocycles. The van der Waals surface area contributed by atoms with Crippen molar-refractivity contribution in [2.75, 3.05) is 37.5 Å². The van der Waals surface area contributed by atoms with E-state index in [-0.39, 0.29) is 5.91 Å². The topological polar surface area (TPSA) is 63.7 Å². The van der Waals surface area contributed by atoms with Crippen molar-refractivity contribution in [1.29, 1.82) is 0 Å². The Bertz CT molecular complexity index is 1010. The number of methoxy groups -OCH3 is 2. The summed E-state index contributed by atoms with van der Waals surface area (Å²) in [6.07, 6.45) is 0. The molecule has 29 heavy (non-hydrogen) atoms. The van der Waals surface area contributed by atoms with Crippen molar-refractivity contribution in [3.8, 4) is 11.5 Å². The second-order valence-electron chi connectivity index (χ2n) is 6.76. The van der Waals surface area contributed by atoms with Crippen LogP contribution in [0.2, 0.25) is 0 Å². The molecule has 1 amide bonds. The lowest BCUT2D eigenvalue weighted by Crippen LogP contribution is -2.23. The molecule has 0 radical (unpaired) electrons. The third-order valence-corrected chi connectivity index (χ3v) is 4.96. The van der Waals surface area contributed by atoms with E-state index >= 15 is 0 Å². The van der Waals surface area contributed by atoms with Crippen LogP contribution in [0.3, 0.4) is 0 Å². The van der Waals surface area contributed by atoms with Crippen LogP contribution < -0.4 is 19.7 Å². The van der Waals surface area contributed by atoms with Gasteiger partial charge in [0.2, 0.25) is 0 Å². The van der Waals surface area contributed by atoms with E-state index in [1.54, 1.807) is 32.4 Å². The normalized spacial score (nSPS) is 10.7. The van der Waals surface area contributed by atoms with E-state index in [1.165, 1.54) is 0 Å². The number of anilines is 2.